The lowest BCUT2D eigenvalue weighted by atomic mass is 9.93. The van der Waals surface area contributed by atoms with Gasteiger partial charge in [0.2, 0.25) is 5.95 Å². The predicted octanol–water partition coefficient (Wildman–Crippen LogP) is 3.91. The lowest BCUT2D eigenvalue weighted by Crippen LogP contribution is -2.36. The van der Waals surface area contributed by atoms with Gasteiger partial charge in [-0.15, -0.1) is 5.92 Å². The molecule has 3 atom stereocenters. The van der Waals surface area contributed by atoms with Gasteiger partial charge in [0, 0.05) is 71.3 Å². The molecular formula is C30H29N7O. The Labute approximate surface area is 225 Å². The number of hydrogen-bond acceptors (Lipinski definition) is 6. The third-order valence-electron chi connectivity index (χ3n) is 8.11. The molecule has 3 aliphatic rings. The number of aromatic nitrogens is 4. The Morgan fingerprint density at radius 2 is 2.03 bits per heavy atom. The Hall–Kier alpha value is -4.22. The van der Waals surface area contributed by atoms with E-state index in [1.165, 1.54) is 0 Å². The molecule has 7 rings (SSSR count). The Morgan fingerprint density at radius 1 is 1.16 bits per heavy atom. The topological polar surface area (TPSA) is 93.2 Å². The van der Waals surface area contributed by atoms with E-state index in [0.29, 0.717) is 30.3 Å². The molecular weight excluding hydrogens is 474 g/mol. The summed E-state index contributed by atoms with van der Waals surface area (Å²) in [4.78, 5) is 31.1. The smallest absolute Gasteiger partial charge is 0.254 e. The Morgan fingerprint density at radius 3 is 2.82 bits per heavy atom. The molecule has 2 N–H and O–H groups in total. The van der Waals surface area contributed by atoms with Crippen molar-refractivity contribution in [2.24, 2.45) is 5.73 Å². The standard InChI is InChI=1S/C30H29N7O/c1-3-6-18-7-4-9-22-27(18)25-14-26(35(2)29(22)38)28-34-23-11-10-19(13-24(23)37(25)28)20-16-32-30(33-17-20)36-12-5-8-21(36)15-31/h4,7,9-11,13,16-17,21,25-26H,5,8,12,14-15,31H2,1-2H3/t21-,25+,26+/m0/s1/i2D3. The minimum absolute atomic E-state index is 0.265. The van der Waals surface area contributed by atoms with Crippen LogP contribution in [0.15, 0.2) is 48.8 Å². The molecule has 2 aromatic carbocycles. The van der Waals surface area contributed by atoms with Crippen molar-refractivity contribution in [3.05, 3.63) is 71.3 Å². The minimum atomic E-state index is -2.63. The molecule has 0 spiro atoms. The molecule has 8 heteroatoms. The number of fused-ring (bicyclic) bond motifs is 9. The number of anilines is 1. The molecule has 0 saturated carbocycles. The van der Waals surface area contributed by atoms with E-state index in [9.17, 15) is 4.79 Å². The maximum absolute atomic E-state index is 13.7. The van der Waals surface area contributed by atoms with Crippen molar-refractivity contribution in [2.45, 2.75) is 44.3 Å². The molecule has 1 fully saturated rings. The van der Waals surface area contributed by atoms with Gasteiger partial charge < -0.3 is 20.1 Å². The fourth-order valence-electron chi connectivity index (χ4n) is 6.33. The lowest BCUT2D eigenvalue weighted by molar-refractivity contribution is 0.0734. The van der Waals surface area contributed by atoms with Crippen molar-refractivity contribution < 1.29 is 8.91 Å². The van der Waals surface area contributed by atoms with Crippen LogP contribution in [0, 0.1) is 11.8 Å². The number of nitrogens with two attached hydrogens (primary N) is 1. The summed E-state index contributed by atoms with van der Waals surface area (Å²) in [6.07, 6.45) is 6.21. The second-order valence-electron chi connectivity index (χ2n) is 10.1. The summed E-state index contributed by atoms with van der Waals surface area (Å²) in [5.41, 5.74) is 11.2. The molecule has 190 valence electrons. The molecule has 2 bridgehead atoms. The molecule has 2 aromatic heterocycles. The van der Waals surface area contributed by atoms with E-state index in [2.05, 4.69) is 37.3 Å². The van der Waals surface area contributed by atoms with Crippen molar-refractivity contribution in [3.8, 4) is 23.0 Å². The Bertz CT molecular complexity index is 1750. The van der Waals surface area contributed by atoms with Crippen LogP contribution in [0.5, 0.6) is 0 Å². The molecule has 38 heavy (non-hydrogen) atoms. The Kier molecular flexibility index (Phi) is 4.53. The highest BCUT2D eigenvalue weighted by molar-refractivity contribution is 5.98. The SMILES string of the molecule is [2H]C([2H])([2H])N1C(=O)c2cccc(C#CC)c2[C@H]2C[C@@H]1c1nc3ccc(-c4cnc(N5CCC[C@H]5CN)nc4)cc3n12. The van der Waals surface area contributed by atoms with Crippen LogP contribution in [0.2, 0.25) is 0 Å². The molecule has 8 nitrogen and oxygen atoms in total. The van der Waals surface area contributed by atoms with Gasteiger partial charge >= 0.3 is 0 Å². The third-order valence-corrected chi connectivity index (χ3v) is 8.11. The number of rotatable bonds is 3. The first-order valence-corrected chi connectivity index (χ1v) is 13.0. The summed E-state index contributed by atoms with van der Waals surface area (Å²) in [6, 6.07) is 10.6. The van der Waals surface area contributed by atoms with Crippen LogP contribution in [-0.2, 0) is 0 Å². The number of carbonyl (C=O) groups excluding carboxylic acids is 1. The average molecular weight is 507 g/mol. The normalized spacial score (nSPS) is 23.3. The molecule has 3 aliphatic heterocycles. The third kappa shape index (κ3) is 3.28. The summed E-state index contributed by atoms with van der Waals surface area (Å²) < 4.78 is 26.9. The summed E-state index contributed by atoms with van der Waals surface area (Å²) in [5, 5.41) is 0. The summed E-state index contributed by atoms with van der Waals surface area (Å²) in [5.74, 6) is 6.84. The van der Waals surface area contributed by atoms with Crippen LogP contribution in [-0.4, -0.2) is 56.4 Å². The van der Waals surface area contributed by atoms with Crippen molar-refractivity contribution in [3.63, 3.8) is 0 Å². The zero-order valence-corrected chi connectivity index (χ0v) is 21.1. The highest BCUT2D eigenvalue weighted by Crippen LogP contribution is 2.48. The van der Waals surface area contributed by atoms with Crippen molar-refractivity contribution in [1.82, 2.24) is 24.4 Å². The van der Waals surface area contributed by atoms with Crippen LogP contribution >= 0.6 is 0 Å². The van der Waals surface area contributed by atoms with Gasteiger partial charge in [-0.25, -0.2) is 15.0 Å². The zero-order valence-electron chi connectivity index (χ0n) is 24.1. The predicted molar refractivity (Wildman–Crippen MR) is 147 cm³/mol. The van der Waals surface area contributed by atoms with E-state index in [1.54, 1.807) is 19.1 Å². The average Bonchev–Trinajstić information content (AvgIpc) is 3.65. The highest BCUT2D eigenvalue weighted by atomic mass is 16.2. The molecule has 1 saturated heterocycles. The first kappa shape index (κ1) is 19.8. The summed E-state index contributed by atoms with van der Waals surface area (Å²) in [7, 11) is 0. The van der Waals surface area contributed by atoms with Crippen LogP contribution < -0.4 is 10.6 Å². The monoisotopic (exact) mass is 506 g/mol. The first-order valence-electron chi connectivity index (χ1n) is 14.5. The van der Waals surface area contributed by atoms with Crippen molar-refractivity contribution >= 4 is 22.9 Å². The van der Waals surface area contributed by atoms with Gasteiger partial charge in [0.1, 0.15) is 5.82 Å². The van der Waals surface area contributed by atoms with Crippen LogP contribution in [0.3, 0.4) is 0 Å². The van der Waals surface area contributed by atoms with Crippen LogP contribution in [0.4, 0.5) is 5.95 Å². The van der Waals surface area contributed by atoms with E-state index in [4.69, 9.17) is 14.8 Å². The molecule has 0 radical (unpaired) electrons. The van der Waals surface area contributed by atoms with Crippen LogP contribution in [0.1, 0.15) is 69.7 Å². The van der Waals surface area contributed by atoms with Gasteiger partial charge in [-0.05, 0) is 49.6 Å². The number of nitrogens with zero attached hydrogens (tertiary/aromatic N) is 6. The maximum atomic E-state index is 13.7. The maximum Gasteiger partial charge on any atom is 0.254 e. The molecule has 5 heterocycles. The number of benzene rings is 2. The van der Waals surface area contributed by atoms with Gasteiger partial charge in [0.05, 0.1) is 23.1 Å². The lowest BCUT2D eigenvalue weighted by Gasteiger charge is -2.24. The van der Waals surface area contributed by atoms with E-state index in [1.807, 2.05) is 30.6 Å². The number of hydrogen-bond donors (Lipinski definition) is 1. The number of imidazole rings is 1. The Balaban J connectivity index is 1.37. The fourth-order valence-corrected chi connectivity index (χ4v) is 6.33. The van der Waals surface area contributed by atoms with Gasteiger partial charge in [-0.1, -0.05) is 18.1 Å². The summed E-state index contributed by atoms with van der Waals surface area (Å²) in [6.45, 7) is 0.604. The quantitative estimate of drug-likeness (QED) is 0.424. The molecule has 4 aromatic rings. The van der Waals surface area contributed by atoms with Crippen LogP contribution in [0.25, 0.3) is 22.2 Å². The number of amides is 1. The number of carbonyl (C=O) groups is 1. The van der Waals surface area contributed by atoms with Crippen molar-refractivity contribution in [1.29, 1.82) is 0 Å². The van der Waals surface area contributed by atoms with E-state index in [-0.39, 0.29) is 12.1 Å². The molecule has 0 unspecified atom stereocenters. The van der Waals surface area contributed by atoms with Crippen molar-refractivity contribution in [2.75, 3.05) is 25.0 Å². The first-order chi connectivity index (χ1) is 19.8. The molecule has 0 aliphatic carbocycles. The molecule has 1 amide bonds. The summed E-state index contributed by atoms with van der Waals surface area (Å²) >= 11 is 0. The van der Waals surface area contributed by atoms with E-state index < -0.39 is 18.9 Å². The zero-order chi connectivity index (χ0) is 28.5. The second-order valence-corrected chi connectivity index (χ2v) is 10.1. The largest absolute Gasteiger partial charge is 0.337 e. The van der Waals surface area contributed by atoms with E-state index in [0.717, 1.165) is 57.6 Å². The van der Waals surface area contributed by atoms with Gasteiger partial charge in [-0.2, -0.15) is 0 Å². The fraction of sp³-hybridized carbons (Fsp3) is 0.333. The van der Waals surface area contributed by atoms with Gasteiger partial charge in [0.25, 0.3) is 5.91 Å². The van der Waals surface area contributed by atoms with Gasteiger partial charge in [-0.3, -0.25) is 4.79 Å². The second kappa shape index (κ2) is 8.67. The van der Waals surface area contributed by atoms with Gasteiger partial charge in [0.15, 0.2) is 0 Å². The highest BCUT2D eigenvalue weighted by Gasteiger charge is 2.44. The van der Waals surface area contributed by atoms with E-state index >= 15 is 0 Å². The minimum Gasteiger partial charge on any atom is -0.337 e.